The lowest BCUT2D eigenvalue weighted by molar-refractivity contribution is -0.124. The van der Waals surface area contributed by atoms with Crippen molar-refractivity contribution in [1.82, 2.24) is 9.55 Å². The second kappa shape index (κ2) is 8.35. The van der Waals surface area contributed by atoms with Crippen LogP contribution in [0.25, 0.3) is 11.0 Å². The summed E-state index contributed by atoms with van der Waals surface area (Å²) in [7, 11) is 1.58. The van der Waals surface area contributed by atoms with Crippen molar-refractivity contribution in [3.63, 3.8) is 0 Å². The number of nitrogens with zero attached hydrogens (tertiary/aromatic N) is 3. The number of nitrogens with one attached hydrogen (secondary N) is 1. The minimum absolute atomic E-state index is 0.0180. The zero-order valence-electron chi connectivity index (χ0n) is 18.9. The Kier molecular flexibility index (Phi) is 5.02. The van der Waals surface area contributed by atoms with E-state index in [1.165, 1.54) is 0 Å². The number of amides is 2. The molecular formula is C26H22N4O5. The average Bonchev–Trinajstić information content (AvgIpc) is 3.55. The first-order valence-corrected chi connectivity index (χ1v) is 11.2. The zero-order chi connectivity index (χ0) is 23.9. The van der Waals surface area contributed by atoms with Crippen LogP contribution in [0.3, 0.4) is 0 Å². The number of anilines is 2. The third kappa shape index (κ3) is 3.71. The molecule has 0 unspecified atom stereocenters. The van der Waals surface area contributed by atoms with Gasteiger partial charge in [0.2, 0.25) is 18.6 Å². The van der Waals surface area contributed by atoms with E-state index < -0.39 is 6.04 Å². The number of aromatic nitrogens is 2. The molecule has 0 saturated carbocycles. The van der Waals surface area contributed by atoms with Gasteiger partial charge in [-0.3, -0.25) is 19.1 Å². The van der Waals surface area contributed by atoms with Crippen molar-refractivity contribution in [3.05, 3.63) is 72.3 Å². The van der Waals surface area contributed by atoms with Crippen LogP contribution in [0.1, 0.15) is 18.0 Å². The topological polar surface area (TPSA) is 94.9 Å². The van der Waals surface area contributed by atoms with Gasteiger partial charge in [-0.15, -0.1) is 0 Å². The van der Waals surface area contributed by atoms with Crippen molar-refractivity contribution in [2.24, 2.45) is 0 Å². The predicted octanol–water partition coefficient (Wildman–Crippen LogP) is 3.89. The molecule has 9 nitrogen and oxygen atoms in total. The number of rotatable bonds is 6. The third-order valence-corrected chi connectivity index (χ3v) is 6.21. The Morgan fingerprint density at radius 3 is 2.71 bits per heavy atom. The van der Waals surface area contributed by atoms with Gasteiger partial charge in [0, 0.05) is 5.69 Å². The molecule has 35 heavy (non-hydrogen) atoms. The number of hydrogen-bond acceptors (Lipinski definition) is 6. The van der Waals surface area contributed by atoms with Crippen LogP contribution < -0.4 is 24.4 Å². The van der Waals surface area contributed by atoms with Crippen LogP contribution in [0.4, 0.5) is 11.6 Å². The fourth-order valence-electron chi connectivity index (χ4n) is 4.53. The summed E-state index contributed by atoms with van der Waals surface area (Å²) in [6.07, 6.45) is -0.0180. The minimum Gasteiger partial charge on any atom is -0.497 e. The number of fused-ring (bicyclic) bond motifs is 4. The van der Waals surface area contributed by atoms with Crippen LogP contribution in [0, 0.1) is 0 Å². The molecule has 0 spiro atoms. The number of imidazole rings is 1. The van der Waals surface area contributed by atoms with Crippen molar-refractivity contribution in [2.75, 3.05) is 24.1 Å². The van der Waals surface area contributed by atoms with Gasteiger partial charge >= 0.3 is 0 Å². The van der Waals surface area contributed by atoms with E-state index in [1.807, 2.05) is 47.0 Å². The number of ether oxygens (including phenoxy) is 3. The van der Waals surface area contributed by atoms with Crippen molar-refractivity contribution in [1.29, 1.82) is 0 Å². The molecule has 9 heteroatoms. The van der Waals surface area contributed by atoms with Gasteiger partial charge in [-0.1, -0.05) is 18.2 Å². The Bertz CT molecular complexity index is 1450. The van der Waals surface area contributed by atoms with Gasteiger partial charge in [0.05, 0.1) is 31.1 Å². The lowest BCUT2D eigenvalue weighted by atomic mass is 10.1. The largest absolute Gasteiger partial charge is 0.497 e. The summed E-state index contributed by atoms with van der Waals surface area (Å²) in [4.78, 5) is 32.9. The Balaban J connectivity index is 1.29. The molecule has 0 fully saturated rings. The molecule has 1 aromatic heterocycles. The number of para-hydroxylation sites is 2. The van der Waals surface area contributed by atoms with E-state index in [-0.39, 0.29) is 25.0 Å². The van der Waals surface area contributed by atoms with Crippen molar-refractivity contribution >= 4 is 34.5 Å². The lowest BCUT2D eigenvalue weighted by Crippen LogP contribution is -2.31. The van der Waals surface area contributed by atoms with Crippen LogP contribution in [0.15, 0.2) is 66.7 Å². The molecule has 0 aliphatic carbocycles. The molecule has 0 saturated heterocycles. The molecule has 3 heterocycles. The monoisotopic (exact) mass is 470 g/mol. The molecule has 176 valence electrons. The second-order valence-corrected chi connectivity index (χ2v) is 8.38. The molecule has 1 atom stereocenters. The van der Waals surface area contributed by atoms with Crippen molar-refractivity contribution < 1.29 is 23.8 Å². The molecule has 4 aromatic rings. The molecule has 0 radical (unpaired) electrons. The van der Waals surface area contributed by atoms with E-state index in [0.29, 0.717) is 35.4 Å². The molecule has 1 N–H and O–H groups in total. The number of hydrogen-bond donors (Lipinski definition) is 1. The van der Waals surface area contributed by atoms with Gasteiger partial charge in [0.25, 0.3) is 5.91 Å². The maximum Gasteiger partial charge on any atom is 0.253 e. The summed E-state index contributed by atoms with van der Waals surface area (Å²) in [5, 5.41) is 2.88. The summed E-state index contributed by atoms with van der Waals surface area (Å²) in [6, 6.07) is 19.6. The summed E-state index contributed by atoms with van der Waals surface area (Å²) >= 11 is 0. The summed E-state index contributed by atoms with van der Waals surface area (Å²) < 4.78 is 17.9. The highest BCUT2D eigenvalue weighted by Gasteiger charge is 2.41. The zero-order valence-corrected chi connectivity index (χ0v) is 18.9. The van der Waals surface area contributed by atoms with E-state index in [0.717, 1.165) is 16.6 Å². The maximum absolute atomic E-state index is 13.6. The molecule has 3 aromatic carbocycles. The van der Waals surface area contributed by atoms with Gasteiger partial charge in [0.1, 0.15) is 11.8 Å². The number of carbonyl (C=O) groups is 2. The summed E-state index contributed by atoms with van der Waals surface area (Å²) in [5.41, 5.74) is 3.09. The number of benzene rings is 3. The first-order valence-electron chi connectivity index (χ1n) is 11.2. The van der Waals surface area contributed by atoms with Gasteiger partial charge in [-0.25, -0.2) is 4.98 Å². The lowest BCUT2D eigenvalue weighted by Gasteiger charge is -2.16. The van der Waals surface area contributed by atoms with Crippen LogP contribution in [0.5, 0.6) is 17.2 Å². The number of methoxy groups -OCH3 is 1. The molecule has 6 rings (SSSR count). The first-order chi connectivity index (χ1) is 17.1. The fourth-order valence-corrected chi connectivity index (χ4v) is 4.53. The fraction of sp³-hybridized carbons (Fsp3) is 0.192. The quantitative estimate of drug-likeness (QED) is 0.460. The minimum atomic E-state index is -0.704. The molecule has 0 bridgehead atoms. The van der Waals surface area contributed by atoms with E-state index in [2.05, 4.69) is 5.32 Å². The van der Waals surface area contributed by atoms with Crippen LogP contribution in [-0.4, -0.2) is 35.3 Å². The van der Waals surface area contributed by atoms with Gasteiger partial charge < -0.3 is 19.5 Å². The van der Waals surface area contributed by atoms with E-state index >= 15 is 0 Å². The predicted molar refractivity (Wildman–Crippen MR) is 129 cm³/mol. The SMILES string of the molecule is COc1ccc(NC(=O)C[C@@H]2C(=O)N(Cc3ccc4c(c3)OCO4)c3nc4ccccc4n32)cc1. The van der Waals surface area contributed by atoms with Crippen LogP contribution in [-0.2, 0) is 16.1 Å². The van der Waals surface area contributed by atoms with E-state index in [9.17, 15) is 9.59 Å². The highest BCUT2D eigenvalue weighted by molar-refractivity contribution is 6.05. The van der Waals surface area contributed by atoms with Crippen LogP contribution >= 0.6 is 0 Å². The third-order valence-electron chi connectivity index (χ3n) is 6.21. The number of carbonyl (C=O) groups excluding carboxylic acids is 2. The molecule has 2 aliphatic rings. The molecular weight excluding hydrogens is 448 g/mol. The summed E-state index contributed by atoms with van der Waals surface area (Å²) in [6.45, 7) is 0.484. The van der Waals surface area contributed by atoms with Gasteiger partial charge in [-0.05, 0) is 54.1 Å². The van der Waals surface area contributed by atoms with Crippen molar-refractivity contribution in [2.45, 2.75) is 19.0 Å². The first kappa shape index (κ1) is 21.0. The Morgan fingerprint density at radius 2 is 1.89 bits per heavy atom. The Morgan fingerprint density at radius 1 is 1.09 bits per heavy atom. The van der Waals surface area contributed by atoms with E-state index in [1.54, 1.807) is 36.3 Å². The second-order valence-electron chi connectivity index (χ2n) is 8.38. The highest BCUT2D eigenvalue weighted by Crippen LogP contribution is 2.39. The van der Waals surface area contributed by atoms with Gasteiger partial charge in [0.15, 0.2) is 11.5 Å². The normalized spacial score (nSPS) is 16.0. The summed E-state index contributed by atoms with van der Waals surface area (Å²) in [5.74, 6) is 2.11. The van der Waals surface area contributed by atoms with Gasteiger partial charge in [-0.2, -0.15) is 0 Å². The Hall–Kier alpha value is -4.53. The molecule has 2 amide bonds. The smallest absolute Gasteiger partial charge is 0.253 e. The maximum atomic E-state index is 13.6. The Labute approximate surface area is 200 Å². The van der Waals surface area contributed by atoms with E-state index in [4.69, 9.17) is 19.2 Å². The van der Waals surface area contributed by atoms with Crippen molar-refractivity contribution in [3.8, 4) is 17.2 Å². The molecule has 2 aliphatic heterocycles. The highest BCUT2D eigenvalue weighted by atomic mass is 16.7. The standard InChI is InChI=1S/C26H22N4O5/c1-33-18-9-7-17(8-10-18)27-24(31)13-21-25(32)29(14-16-6-11-22-23(12-16)35-15-34-22)26-28-19-4-2-3-5-20(19)30(21)26/h2-12,21H,13-15H2,1H3,(H,27,31)/t21-/m1/s1. The van der Waals surface area contributed by atoms with Crippen LogP contribution in [0.2, 0.25) is 0 Å². The average molecular weight is 470 g/mol.